The topological polar surface area (TPSA) is 145 Å². The maximum Gasteiger partial charge on any atom is 0.407 e. The number of nitrogens with one attached hydrogen (secondary N) is 2. The van der Waals surface area contributed by atoms with Gasteiger partial charge < -0.3 is 29.2 Å². The van der Waals surface area contributed by atoms with Crippen LogP contribution in [0, 0.1) is 41.5 Å². The standard InChI is InChI=1S/C54H58N2O8P2/c1-37-33-39(3)49(51(57)65(61,43-23-13-9-14-24-43)44-25-15-10-16-26-44)41(5)47(37)35-63-53(59)55-31-21-7-8-22-32-56-54(60)64-36-48-38(2)34-40(4)50(42(48)6)52(58)66(62,45-27-17-11-18-28-45)46-29-19-12-20-30-46/h9-20,23-30,33-34H,7-8,21-22,31-32,35-36H2,1-6H3,(H,55,59)(H,56,60). The molecule has 10 nitrogen and oxygen atoms in total. The molecule has 342 valence electrons. The number of carbonyl (C=O) groups excluding carboxylic acids is 4. The van der Waals surface area contributed by atoms with E-state index < -0.39 is 37.5 Å². The summed E-state index contributed by atoms with van der Waals surface area (Å²) in [5, 5.41) is 7.43. The van der Waals surface area contributed by atoms with E-state index in [1.807, 2.05) is 77.9 Å². The van der Waals surface area contributed by atoms with E-state index in [1.54, 1.807) is 97.1 Å². The molecular formula is C54H58N2O8P2. The monoisotopic (exact) mass is 924 g/mol. The van der Waals surface area contributed by atoms with Gasteiger partial charge in [-0.1, -0.05) is 146 Å². The maximum absolute atomic E-state index is 14.9. The third kappa shape index (κ3) is 10.8. The van der Waals surface area contributed by atoms with Crippen LogP contribution in [-0.2, 0) is 31.8 Å². The zero-order valence-electron chi connectivity index (χ0n) is 38.5. The number of carbonyl (C=O) groups is 4. The van der Waals surface area contributed by atoms with Crippen LogP contribution < -0.4 is 31.9 Å². The predicted octanol–water partition coefficient (Wildman–Crippen LogP) is 10.6. The molecule has 0 atom stereocenters. The van der Waals surface area contributed by atoms with Crippen LogP contribution in [0.25, 0.3) is 0 Å². The predicted molar refractivity (Wildman–Crippen MR) is 264 cm³/mol. The van der Waals surface area contributed by atoms with Crippen LogP contribution >= 0.6 is 14.3 Å². The smallest absolute Gasteiger partial charge is 0.407 e. The lowest BCUT2D eigenvalue weighted by Crippen LogP contribution is -2.26. The second-order valence-electron chi connectivity index (χ2n) is 16.6. The molecule has 0 radical (unpaired) electrons. The lowest BCUT2D eigenvalue weighted by Gasteiger charge is -2.22. The largest absolute Gasteiger partial charge is 0.445 e. The molecule has 0 aliphatic carbocycles. The fraction of sp³-hybridized carbons (Fsp3) is 0.259. The van der Waals surface area contributed by atoms with Crippen LogP contribution in [0.1, 0.15) is 90.9 Å². The van der Waals surface area contributed by atoms with Crippen molar-refractivity contribution in [2.24, 2.45) is 0 Å². The van der Waals surface area contributed by atoms with Gasteiger partial charge in [0.1, 0.15) is 13.2 Å². The molecule has 0 aromatic heterocycles. The number of alkyl carbamates (subject to hydrolysis) is 2. The second-order valence-corrected chi connectivity index (χ2v) is 21.9. The number of aryl methyl sites for hydroxylation is 4. The highest BCUT2D eigenvalue weighted by molar-refractivity contribution is 7.94. The van der Waals surface area contributed by atoms with Gasteiger partial charge in [0.25, 0.3) is 0 Å². The van der Waals surface area contributed by atoms with Crippen molar-refractivity contribution in [2.75, 3.05) is 13.1 Å². The van der Waals surface area contributed by atoms with Crippen molar-refractivity contribution in [3.05, 3.63) is 189 Å². The molecule has 6 aromatic rings. The van der Waals surface area contributed by atoms with Crippen LogP contribution in [0.5, 0.6) is 0 Å². The number of unbranched alkanes of at least 4 members (excludes halogenated alkanes) is 3. The molecule has 12 heteroatoms. The Kier molecular flexibility index (Phi) is 16.5. The lowest BCUT2D eigenvalue weighted by atomic mass is 9.94. The molecule has 0 aliphatic rings. The van der Waals surface area contributed by atoms with E-state index in [1.165, 1.54) is 0 Å². The minimum Gasteiger partial charge on any atom is -0.445 e. The van der Waals surface area contributed by atoms with Gasteiger partial charge in [0, 0.05) is 45.4 Å². The van der Waals surface area contributed by atoms with Crippen molar-refractivity contribution >= 4 is 58.7 Å². The molecule has 0 unspecified atom stereocenters. The zero-order valence-corrected chi connectivity index (χ0v) is 40.3. The second kappa shape index (κ2) is 22.2. The number of benzene rings is 6. The van der Waals surface area contributed by atoms with Gasteiger partial charge in [-0.2, -0.15) is 0 Å². The molecular weight excluding hydrogens is 867 g/mol. The van der Waals surface area contributed by atoms with Gasteiger partial charge in [-0.05, 0) is 98.9 Å². The Balaban J connectivity index is 0.957. The molecule has 2 N–H and O–H groups in total. The SMILES string of the molecule is Cc1cc(C)c(C(=O)P(=O)(c2ccccc2)c2ccccc2)c(C)c1COC(=O)NCCCCCCNC(=O)OCc1c(C)cc(C)c(C(=O)P(=O)(c2ccccc2)c2ccccc2)c1C. The molecule has 0 spiro atoms. The van der Waals surface area contributed by atoms with Crippen LogP contribution in [0.2, 0.25) is 0 Å². The summed E-state index contributed by atoms with van der Waals surface area (Å²) in [5.41, 5.74) is 5.60. The van der Waals surface area contributed by atoms with Crippen LogP contribution in [0.15, 0.2) is 133 Å². The van der Waals surface area contributed by atoms with E-state index in [0.29, 0.717) is 91.7 Å². The van der Waals surface area contributed by atoms with Gasteiger partial charge in [-0.3, -0.25) is 9.59 Å². The molecule has 66 heavy (non-hydrogen) atoms. The van der Waals surface area contributed by atoms with Gasteiger partial charge in [0.05, 0.1) is 0 Å². The average molecular weight is 925 g/mol. The van der Waals surface area contributed by atoms with Crippen molar-refractivity contribution in [1.82, 2.24) is 10.6 Å². The fourth-order valence-electron chi connectivity index (χ4n) is 8.55. The fourth-order valence-corrected chi connectivity index (χ4v) is 13.8. The Morgan fingerprint density at radius 2 is 0.712 bits per heavy atom. The van der Waals surface area contributed by atoms with E-state index in [-0.39, 0.29) is 13.2 Å². The molecule has 0 saturated heterocycles. The average Bonchev–Trinajstić information content (AvgIpc) is 3.32. The summed E-state index contributed by atoms with van der Waals surface area (Å²) in [6.45, 7) is 11.8. The van der Waals surface area contributed by atoms with E-state index in [4.69, 9.17) is 9.47 Å². The molecule has 0 fully saturated rings. The van der Waals surface area contributed by atoms with Gasteiger partial charge in [0.2, 0.25) is 25.3 Å². The van der Waals surface area contributed by atoms with Crippen molar-refractivity contribution in [3.8, 4) is 0 Å². The van der Waals surface area contributed by atoms with E-state index in [0.717, 1.165) is 24.0 Å². The lowest BCUT2D eigenvalue weighted by molar-refractivity contribution is 0.106. The first-order valence-electron chi connectivity index (χ1n) is 22.2. The molecule has 0 aliphatic heterocycles. The molecule has 6 rings (SSSR count). The Labute approximate surface area is 388 Å². The highest BCUT2D eigenvalue weighted by Gasteiger charge is 2.40. The minimum atomic E-state index is -3.74. The number of rotatable bonds is 19. The first-order valence-corrected chi connectivity index (χ1v) is 25.6. The van der Waals surface area contributed by atoms with Crippen LogP contribution in [0.3, 0.4) is 0 Å². The van der Waals surface area contributed by atoms with Crippen LogP contribution in [-0.4, -0.2) is 36.3 Å². The molecule has 6 aromatic carbocycles. The first-order chi connectivity index (χ1) is 31.7. The van der Waals surface area contributed by atoms with Crippen molar-refractivity contribution in [1.29, 1.82) is 0 Å². The Hall–Kier alpha value is -6.34. The summed E-state index contributed by atoms with van der Waals surface area (Å²) in [7, 11) is -7.49. The summed E-state index contributed by atoms with van der Waals surface area (Å²) in [5.74, 6) is 0. The third-order valence-electron chi connectivity index (χ3n) is 12.1. The summed E-state index contributed by atoms with van der Waals surface area (Å²) in [4.78, 5) is 54.4. The molecule has 0 bridgehead atoms. The van der Waals surface area contributed by atoms with Crippen molar-refractivity contribution in [3.63, 3.8) is 0 Å². The zero-order chi connectivity index (χ0) is 47.4. The summed E-state index contributed by atoms with van der Waals surface area (Å²) in [6.07, 6.45) is 1.84. The third-order valence-corrected chi connectivity index (χ3v) is 17.8. The minimum absolute atomic E-state index is 0.0558. The Bertz CT molecular complexity index is 2520. The van der Waals surface area contributed by atoms with Gasteiger partial charge >= 0.3 is 12.2 Å². The summed E-state index contributed by atoms with van der Waals surface area (Å²) >= 11 is 0. The first kappa shape index (κ1) is 49.1. The molecule has 0 heterocycles. The van der Waals surface area contributed by atoms with Crippen LogP contribution in [0.4, 0.5) is 9.59 Å². The van der Waals surface area contributed by atoms with Crippen molar-refractivity contribution < 1.29 is 37.8 Å². The number of hydrogen-bond acceptors (Lipinski definition) is 8. The number of ether oxygens (including phenoxy) is 2. The van der Waals surface area contributed by atoms with E-state index in [2.05, 4.69) is 10.6 Å². The van der Waals surface area contributed by atoms with Gasteiger partial charge in [-0.15, -0.1) is 0 Å². The van der Waals surface area contributed by atoms with Gasteiger partial charge in [0.15, 0.2) is 0 Å². The van der Waals surface area contributed by atoms with Crippen molar-refractivity contribution in [2.45, 2.75) is 80.4 Å². The van der Waals surface area contributed by atoms with E-state index in [9.17, 15) is 28.3 Å². The number of hydrogen-bond donors (Lipinski definition) is 2. The van der Waals surface area contributed by atoms with E-state index >= 15 is 0 Å². The normalized spacial score (nSPS) is 11.4. The van der Waals surface area contributed by atoms with Gasteiger partial charge in [-0.25, -0.2) is 9.59 Å². The molecule has 2 amide bonds. The quantitative estimate of drug-likeness (QED) is 0.0603. The number of amides is 2. The highest BCUT2D eigenvalue weighted by atomic mass is 31.2. The Morgan fingerprint density at radius 3 is 1.00 bits per heavy atom. The highest BCUT2D eigenvalue weighted by Crippen LogP contribution is 2.49. The Morgan fingerprint density at radius 1 is 0.424 bits per heavy atom. The maximum atomic E-state index is 14.9. The summed E-state index contributed by atoms with van der Waals surface area (Å²) < 4.78 is 41.0. The summed E-state index contributed by atoms with van der Waals surface area (Å²) in [6, 6.07) is 39.1. The molecule has 0 saturated carbocycles.